The highest BCUT2D eigenvalue weighted by Crippen LogP contribution is 2.21. The van der Waals surface area contributed by atoms with Gasteiger partial charge in [0.1, 0.15) is 10.6 Å². The normalized spacial score (nSPS) is 10.5. The van der Waals surface area contributed by atoms with E-state index in [1.54, 1.807) is 18.7 Å². The molecule has 0 aliphatic heterocycles. The third-order valence-electron chi connectivity index (χ3n) is 1.97. The molecule has 0 saturated heterocycles. The third kappa shape index (κ3) is 4.08. The molecule has 17 heavy (non-hydrogen) atoms. The maximum atomic E-state index is 11.2. The summed E-state index contributed by atoms with van der Waals surface area (Å²) in [5.74, 6) is 1.62. The summed E-state index contributed by atoms with van der Waals surface area (Å²) in [7, 11) is 0. The van der Waals surface area contributed by atoms with Crippen molar-refractivity contribution in [1.29, 1.82) is 0 Å². The lowest BCUT2D eigenvalue weighted by molar-refractivity contribution is 0.0690. The largest absolute Gasteiger partial charge is 0.478 e. The van der Waals surface area contributed by atoms with E-state index >= 15 is 0 Å². The van der Waals surface area contributed by atoms with Crippen LogP contribution in [0.3, 0.4) is 0 Å². The second kappa shape index (κ2) is 6.70. The van der Waals surface area contributed by atoms with Gasteiger partial charge in [-0.1, -0.05) is 6.92 Å². The van der Waals surface area contributed by atoms with Gasteiger partial charge in [0.15, 0.2) is 0 Å². The van der Waals surface area contributed by atoms with Gasteiger partial charge in [-0.3, -0.25) is 0 Å². The lowest BCUT2D eigenvalue weighted by Crippen LogP contribution is -2.18. The third-order valence-corrected chi connectivity index (χ3v) is 4.11. The van der Waals surface area contributed by atoms with Crippen molar-refractivity contribution in [2.24, 2.45) is 0 Å². The molecule has 94 valence electrons. The van der Waals surface area contributed by atoms with Crippen LogP contribution in [0.1, 0.15) is 23.0 Å². The molecule has 0 bridgehead atoms. The molecular formula is C10H14N2O3S2. The zero-order valence-corrected chi connectivity index (χ0v) is 11.3. The minimum atomic E-state index is -1.06. The lowest BCUT2D eigenvalue weighted by atomic mass is 10.2. The molecule has 0 aliphatic carbocycles. The van der Waals surface area contributed by atoms with Gasteiger partial charge in [-0.05, 0) is 12.7 Å². The van der Waals surface area contributed by atoms with Crippen LogP contribution in [0.25, 0.3) is 0 Å². The van der Waals surface area contributed by atoms with Gasteiger partial charge in [-0.2, -0.15) is 16.7 Å². The Bertz CT molecular complexity index is 459. The number of aromatic nitrogens is 2. The molecule has 0 aliphatic rings. The number of nitrogens with one attached hydrogen (secondary N) is 1. The van der Waals surface area contributed by atoms with Crippen LogP contribution < -0.4 is 5.69 Å². The Morgan fingerprint density at radius 1 is 1.47 bits per heavy atom. The summed E-state index contributed by atoms with van der Waals surface area (Å²) < 4.78 is 0. The predicted octanol–water partition coefficient (Wildman–Crippen LogP) is 1.62. The second-order valence-corrected chi connectivity index (χ2v) is 5.68. The SMILES string of the molecule is CCSCCSc1nc(=O)[nH]c(C)c1C(=O)O. The van der Waals surface area contributed by atoms with E-state index in [1.165, 1.54) is 11.8 Å². The number of H-pyrrole nitrogens is 1. The van der Waals surface area contributed by atoms with Crippen molar-refractivity contribution >= 4 is 29.5 Å². The first-order chi connectivity index (χ1) is 8.06. The number of hydrogen-bond acceptors (Lipinski definition) is 5. The first-order valence-electron chi connectivity index (χ1n) is 5.11. The number of nitrogens with zero attached hydrogens (tertiary/aromatic N) is 1. The summed E-state index contributed by atoms with van der Waals surface area (Å²) in [4.78, 5) is 28.4. The molecule has 0 amide bonds. The summed E-state index contributed by atoms with van der Waals surface area (Å²) in [6.07, 6.45) is 0. The smallest absolute Gasteiger partial charge is 0.346 e. The fourth-order valence-corrected chi connectivity index (χ4v) is 3.08. The van der Waals surface area contributed by atoms with E-state index < -0.39 is 11.7 Å². The molecule has 0 atom stereocenters. The number of hydrogen-bond donors (Lipinski definition) is 2. The highest BCUT2D eigenvalue weighted by atomic mass is 32.2. The highest BCUT2D eigenvalue weighted by Gasteiger charge is 2.16. The minimum Gasteiger partial charge on any atom is -0.478 e. The van der Waals surface area contributed by atoms with Gasteiger partial charge in [-0.15, -0.1) is 11.8 Å². The van der Waals surface area contributed by atoms with Gasteiger partial charge in [0.25, 0.3) is 0 Å². The van der Waals surface area contributed by atoms with Crippen LogP contribution in [0.15, 0.2) is 9.82 Å². The van der Waals surface area contributed by atoms with Crippen LogP contribution in [0, 0.1) is 6.92 Å². The number of carboxylic acid groups (broad SMARTS) is 1. The fraction of sp³-hybridized carbons (Fsp3) is 0.500. The number of carboxylic acids is 1. The molecule has 0 saturated carbocycles. The first-order valence-corrected chi connectivity index (χ1v) is 7.25. The van der Waals surface area contributed by atoms with E-state index in [4.69, 9.17) is 5.11 Å². The van der Waals surface area contributed by atoms with E-state index in [9.17, 15) is 9.59 Å². The number of carbonyl (C=O) groups is 1. The standard InChI is InChI=1S/C10H14N2O3S2/c1-3-16-4-5-17-8-7(9(13)14)6(2)11-10(15)12-8/h3-5H2,1-2H3,(H,13,14)(H,11,12,15). The Morgan fingerprint density at radius 3 is 2.76 bits per heavy atom. The number of aromatic carboxylic acids is 1. The van der Waals surface area contributed by atoms with Crippen LogP contribution >= 0.6 is 23.5 Å². The van der Waals surface area contributed by atoms with Crippen molar-refractivity contribution in [3.05, 3.63) is 21.7 Å². The summed E-state index contributed by atoms with van der Waals surface area (Å²) in [6, 6.07) is 0. The van der Waals surface area contributed by atoms with Crippen molar-refractivity contribution < 1.29 is 9.90 Å². The molecule has 0 aromatic carbocycles. The van der Waals surface area contributed by atoms with E-state index in [-0.39, 0.29) is 5.56 Å². The monoisotopic (exact) mass is 274 g/mol. The average molecular weight is 274 g/mol. The first kappa shape index (κ1) is 14.1. The van der Waals surface area contributed by atoms with Crippen molar-refractivity contribution in [2.75, 3.05) is 17.3 Å². The Morgan fingerprint density at radius 2 is 2.18 bits per heavy atom. The maximum absolute atomic E-state index is 11.2. The Hall–Kier alpha value is -0.950. The number of thioether (sulfide) groups is 2. The molecule has 7 heteroatoms. The summed E-state index contributed by atoms with van der Waals surface area (Å²) in [6.45, 7) is 3.63. The van der Waals surface area contributed by atoms with Crippen LogP contribution in [0.4, 0.5) is 0 Å². The van der Waals surface area contributed by atoms with Crippen LogP contribution in [0.2, 0.25) is 0 Å². The van der Waals surface area contributed by atoms with Gasteiger partial charge in [0, 0.05) is 17.2 Å². The predicted molar refractivity (Wildman–Crippen MR) is 70.3 cm³/mol. The van der Waals surface area contributed by atoms with Crippen LogP contribution in [0.5, 0.6) is 0 Å². The quantitative estimate of drug-likeness (QED) is 0.466. The van der Waals surface area contributed by atoms with Crippen LogP contribution in [-0.4, -0.2) is 38.3 Å². The molecule has 1 heterocycles. The molecule has 0 spiro atoms. The van der Waals surface area contributed by atoms with Crippen molar-refractivity contribution in [3.63, 3.8) is 0 Å². The van der Waals surface area contributed by atoms with Crippen molar-refractivity contribution in [3.8, 4) is 0 Å². The summed E-state index contributed by atoms with van der Waals surface area (Å²) >= 11 is 3.08. The maximum Gasteiger partial charge on any atom is 0.346 e. The number of aryl methyl sites for hydroxylation is 1. The molecule has 0 radical (unpaired) electrons. The zero-order valence-electron chi connectivity index (χ0n) is 9.65. The van der Waals surface area contributed by atoms with Crippen molar-refractivity contribution in [1.82, 2.24) is 9.97 Å². The van der Waals surface area contributed by atoms with Gasteiger partial charge in [0.2, 0.25) is 0 Å². The zero-order chi connectivity index (χ0) is 12.8. The lowest BCUT2D eigenvalue weighted by Gasteiger charge is -2.06. The molecule has 5 nitrogen and oxygen atoms in total. The van der Waals surface area contributed by atoms with Gasteiger partial charge in [-0.25, -0.2) is 9.59 Å². The second-order valence-electron chi connectivity index (χ2n) is 3.20. The Balaban J connectivity index is 2.89. The van der Waals surface area contributed by atoms with Gasteiger partial charge >= 0.3 is 11.7 Å². The fourth-order valence-electron chi connectivity index (χ4n) is 1.26. The van der Waals surface area contributed by atoms with Gasteiger partial charge in [0.05, 0.1) is 0 Å². The summed E-state index contributed by atoms with van der Waals surface area (Å²) in [5.41, 5.74) is -0.0580. The molecule has 1 aromatic rings. The topological polar surface area (TPSA) is 83.0 Å². The Labute approximate surface area is 107 Å². The molecular weight excluding hydrogens is 260 g/mol. The summed E-state index contributed by atoms with van der Waals surface area (Å²) in [5, 5.41) is 9.36. The molecule has 2 N–H and O–H groups in total. The average Bonchev–Trinajstić information content (AvgIpc) is 2.22. The van der Waals surface area contributed by atoms with E-state index in [1.807, 2.05) is 0 Å². The van der Waals surface area contributed by atoms with Gasteiger partial charge < -0.3 is 10.1 Å². The molecule has 0 fully saturated rings. The van der Waals surface area contributed by atoms with Crippen molar-refractivity contribution in [2.45, 2.75) is 18.9 Å². The number of rotatable bonds is 6. The Kier molecular flexibility index (Phi) is 5.57. The molecule has 1 rings (SSSR count). The molecule has 0 unspecified atom stereocenters. The highest BCUT2D eigenvalue weighted by molar-refractivity contribution is 8.02. The minimum absolute atomic E-state index is 0.0936. The van der Waals surface area contributed by atoms with E-state index in [0.717, 1.165) is 17.3 Å². The molecule has 1 aromatic heterocycles. The van der Waals surface area contributed by atoms with Crippen LogP contribution in [-0.2, 0) is 0 Å². The van der Waals surface area contributed by atoms with E-state index in [2.05, 4.69) is 16.9 Å². The van der Waals surface area contributed by atoms with E-state index in [0.29, 0.717) is 10.7 Å². The number of aromatic amines is 1.